The Morgan fingerprint density at radius 3 is 2.32 bits per heavy atom. The smallest absolute Gasteiger partial charge is 0.128 e. The second kappa shape index (κ2) is 6.80. The fourth-order valence-corrected chi connectivity index (χ4v) is 2.79. The first kappa shape index (κ1) is 14.2. The predicted octanol–water partition coefficient (Wildman–Crippen LogP) is 3.82. The molecule has 1 aliphatic carbocycles. The summed E-state index contributed by atoms with van der Waals surface area (Å²) in [6.45, 7) is 1.97. The summed E-state index contributed by atoms with van der Waals surface area (Å²) in [5.41, 5.74) is 7.05. The van der Waals surface area contributed by atoms with Gasteiger partial charge in [0.25, 0.3) is 0 Å². The van der Waals surface area contributed by atoms with Crippen LogP contribution in [0.4, 0.5) is 0 Å². The molecule has 1 atom stereocenters. The molecule has 0 amide bonds. The minimum atomic E-state index is -0.0862. The van der Waals surface area contributed by atoms with Gasteiger partial charge in [0, 0.05) is 6.04 Å². The van der Waals surface area contributed by atoms with Crippen molar-refractivity contribution >= 4 is 0 Å². The highest BCUT2D eigenvalue weighted by Crippen LogP contribution is 2.34. The van der Waals surface area contributed by atoms with Crippen LogP contribution in [0, 0.1) is 0 Å². The summed E-state index contributed by atoms with van der Waals surface area (Å²) in [6, 6.07) is 5.83. The van der Waals surface area contributed by atoms with Crippen LogP contribution in [0.1, 0.15) is 57.1 Å². The van der Waals surface area contributed by atoms with E-state index >= 15 is 0 Å². The molecule has 2 N–H and O–H groups in total. The Labute approximate surface area is 116 Å². The van der Waals surface area contributed by atoms with Gasteiger partial charge in [0.05, 0.1) is 18.8 Å². The van der Waals surface area contributed by atoms with Crippen molar-refractivity contribution in [1.29, 1.82) is 0 Å². The van der Waals surface area contributed by atoms with E-state index in [1.807, 2.05) is 25.1 Å². The lowest BCUT2D eigenvalue weighted by Gasteiger charge is -2.22. The molecule has 3 heteroatoms. The maximum Gasteiger partial charge on any atom is 0.128 e. The molecule has 1 aromatic rings. The SMILES string of the molecule is COc1cccc(OC2CCCCCC2)c1C(C)N. The van der Waals surface area contributed by atoms with Crippen molar-refractivity contribution in [3.05, 3.63) is 23.8 Å². The van der Waals surface area contributed by atoms with Crippen molar-refractivity contribution in [3.63, 3.8) is 0 Å². The quantitative estimate of drug-likeness (QED) is 0.840. The Balaban J connectivity index is 2.18. The van der Waals surface area contributed by atoms with Crippen molar-refractivity contribution in [2.75, 3.05) is 7.11 Å². The zero-order chi connectivity index (χ0) is 13.7. The summed E-state index contributed by atoms with van der Waals surface area (Å²) >= 11 is 0. The second-order valence-electron chi connectivity index (χ2n) is 5.39. The number of hydrogen-bond donors (Lipinski definition) is 1. The van der Waals surface area contributed by atoms with E-state index in [1.54, 1.807) is 7.11 Å². The minimum Gasteiger partial charge on any atom is -0.496 e. The second-order valence-corrected chi connectivity index (χ2v) is 5.39. The van der Waals surface area contributed by atoms with Gasteiger partial charge in [-0.15, -0.1) is 0 Å². The van der Waals surface area contributed by atoms with E-state index in [0.717, 1.165) is 29.9 Å². The van der Waals surface area contributed by atoms with Gasteiger partial charge in [-0.05, 0) is 44.7 Å². The Hall–Kier alpha value is -1.22. The van der Waals surface area contributed by atoms with E-state index in [-0.39, 0.29) is 6.04 Å². The number of benzene rings is 1. The van der Waals surface area contributed by atoms with E-state index in [1.165, 1.54) is 25.7 Å². The molecule has 3 nitrogen and oxygen atoms in total. The first-order valence-corrected chi connectivity index (χ1v) is 7.31. The highest BCUT2D eigenvalue weighted by Gasteiger charge is 2.19. The average molecular weight is 263 g/mol. The van der Waals surface area contributed by atoms with Crippen molar-refractivity contribution in [3.8, 4) is 11.5 Å². The minimum absolute atomic E-state index is 0.0862. The number of methoxy groups -OCH3 is 1. The van der Waals surface area contributed by atoms with E-state index < -0.39 is 0 Å². The molecule has 0 aromatic heterocycles. The third-order valence-corrected chi connectivity index (χ3v) is 3.80. The van der Waals surface area contributed by atoms with Crippen LogP contribution in [0.3, 0.4) is 0 Å². The van der Waals surface area contributed by atoms with Gasteiger partial charge in [-0.1, -0.05) is 18.9 Å². The summed E-state index contributed by atoms with van der Waals surface area (Å²) < 4.78 is 11.6. The van der Waals surface area contributed by atoms with E-state index in [4.69, 9.17) is 15.2 Å². The molecule has 0 radical (unpaired) electrons. The largest absolute Gasteiger partial charge is 0.496 e. The van der Waals surface area contributed by atoms with Crippen LogP contribution in [0.5, 0.6) is 11.5 Å². The van der Waals surface area contributed by atoms with E-state index in [0.29, 0.717) is 6.10 Å². The first-order chi connectivity index (χ1) is 9.22. The lowest BCUT2D eigenvalue weighted by atomic mass is 10.1. The predicted molar refractivity (Wildman–Crippen MR) is 77.7 cm³/mol. The number of ether oxygens (including phenoxy) is 2. The Kier molecular flexibility index (Phi) is 5.08. The van der Waals surface area contributed by atoms with Crippen molar-refractivity contribution < 1.29 is 9.47 Å². The lowest BCUT2D eigenvalue weighted by Crippen LogP contribution is -2.18. The van der Waals surface area contributed by atoms with Crippen LogP contribution >= 0.6 is 0 Å². The van der Waals surface area contributed by atoms with Gasteiger partial charge in [-0.2, -0.15) is 0 Å². The molecule has 1 aromatic carbocycles. The number of rotatable bonds is 4. The van der Waals surface area contributed by atoms with Crippen molar-refractivity contribution in [2.45, 2.75) is 57.6 Å². The first-order valence-electron chi connectivity index (χ1n) is 7.31. The van der Waals surface area contributed by atoms with Crippen molar-refractivity contribution in [2.24, 2.45) is 5.73 Å². The van der Waals surface area contributed by atoms with Crippen LogP contribution in [0.25, 0.3) is 0 Å². The molecule has 1 saturated carbocycles. The zero-order valence-electron chi connectivity index (χ0n) is 12.0. The van der Waals surface area contributed by atoms with Gasteiger partial charge in [0.2, 0.25) is 0 Å². The van der Waals surface area contributed by atoms with Crippen LogP contribution in [-0.2, 0) is 0 Å². The van der Waals surface area contributed by atoms with Crippen LogP contribution in [0.2, 0.25) is 0 Å². The number of nitrogens with two attached hydrogens (primary N) is 1. The molecule has 0 bridgehead atoms. The monoisotopic (exact) mass is 263 g/mol. The molecule has 2 rings (SSSR count). The third kappa shape index (κ3) is 3.63. The summed E-state index contributed by atoms with van der Waals surface area (Å²) in [6.07, 6.45) is 7.82. The maximum absolute atomic E-state index is 6.21. The van der Waals surface area contributed by atoms with E-state index in [9.17, 15) is 0 Å². The maximum atomic E-state index is 6.21. The summed E-state index contributed by atoms with van der Waals surface area (Å²) in [7, 11) is 1.68. The molecule has 0 aliphatic heterocycles. The molecule has 0 saturated heterocycles. The Morgan fingerprint density at radius 2 is 1.74 bits per heavy atom. The van der Waals surface area contributed by atoms with Crippen molar-refractivity contribution in [1.82, 2.24) is 0 Å². The van der Waals surface area contributed by atoms with Gasteiger partial charge >= 0.3 is 0 Å². The topological polar surface area (TPSA) is 44.5 Å². The van der Waals surface area contributed by atoms with Gasteiger partial charge in [-0.25, -0.2) is 0 Å². The van der Waals surface area contributed by atoms with Crippen LogP contribution in [-0.4, -0.2) is 13.2 Å². The standard InChI is InChI=1S/C16H25NO2/c1-12(17)16-14(18-2)10-7-11-15(16)19-13-8-5-3-4-6-9-13/h7,10-13H,3-6,8-9,17H2,1-2H3. The molecule has 106 valence electrons. The van der Waals surface area contributed by atoms with E-state index in [2.05, 4.69) is 0 Å². The molecule has 0 spiro atoms. The van der Waals surface area contributed by atoms with Gasteiger partial charge in [0.15, 0.2) is 0 Å². The molecular formula is C16H25NO2. The van der Waals surface area contributed by atoms with Crippen LogP contribution in [0.15, 0.2) is 18.2 Å². The van der Waals surface area contributed by atoms with Gasteiger partial charge in [0.1, 0.15) is 11.5 Å². The summed E-state index contributed by atoms with van der Waals surface area (Å²) in [5.74, 6) is 1.71. The summed E-state index contributed by atoms with van der Waals surface area (Å²) in [4.78, 5) is 0. The lowest BCUT2D eigenvalue weighted by molar-refractivity contribution is 0.180. The number of hydrogen-bond acceptors (Lipinski definition) is 3. The highest BCUT2D eigenvalue weighted by molar-refractivity contribution is 5.46. The molecule has 1 fully saturated rings. The molecule has 1 aliphatic rings. The average Bonchev–Trinajstić information content (AvgIpc) is 2.66. The zero-order valence-corrected chi connectivity index (χ0v) is 12.0. The van der Waals surface area contributed by atoms with Crippen LogP contribution < -0.4 is 15.2 Å². The molecule has 19 heavy (non-hydrogen) atoms. The molecular weight excluding hydrogens is 238 g/mol. The Morgan fingerprint density at radius 1 is 1.11 bits per heavy atom. The fraction of sp³-hybridized carbons (Fsp3) is 0.625. The Bertz CT molecular complexity index is 396. The third-order valence-electron chi connectivity index (χ3n) is 3.80. The van der Waals surface area contributed by atoms with Gasteiger partial charge in [-0.3, -0.25) is 0 Å². The molecule has 0 heterocycles. The van der Waals surface area contributed by atoms with Gasteiger partial charge < -0.3 is 15.2 Å². The fourth-order valence-electron chi connectivity index (χ4n) is 2.79. The molecule has 1 unspecified atom stereocenters. The highest BCUT2D eigenvalue weighted by atomic mass is 16.5. The normalized spacial score (nSPS) is 18.7. The summed E-state index contributed by atoms with van der Waals surface area (Å²) in [5, 5.41) is 0.